The summed E-state index contributed by atoms with van der Waals surface area (Å²) in [7, 11) is 0. The number of anilines is 1. The Morgan fingerprint density at radius 2 is 1.77 bits per heavy atom. The Kier molecular flexibility index (Phi) is 5.42. The molecule has 2 aromatic carbocycles. The summed E-state index contributed by atoms with van der Waals surface area (Å²) in [6, 6.07) is 20.3. The van der Waals surface area contributed by atoms with E-state index in [0.717, 1.165) is 30.5 Å². The molecule has 2 unspecified atom stereocenters. The summed E-state index contributed by atoms with van der Waals surface area (Å²) >= 11 is 0. The molecule has 0 saturated carbocycles. The maximum absolute atomic E-state index is 11.8. The monoisotopic (exact) mass is 464 g/mol. The summed E-state index contributed by atoms with van der Waals surface area (Å²) < 4.78 is 3.75. The highest BCUT2D eigenvalue weighted by Crippen LogP contribution is 2.32. The second-order valence-corrected chi connectivity index (χ2v) is 8.60. The number of fused-ring (bicyclic) bond motifs is 1. The van der Waals surface area contributed by atoms with Gasteiger partial charge in [0.1, 0.15) is 12.7 Å². The van der Waals surface area contributed by atoms with Crippen LogP contribution in [0.2, 0.25) is 0 Å². The first kappa shape index (κ1) is 21.0. The zero-order valence-electron chi connectivity index (χ0n) is 19.0. The van der Waals surface area contributed by atoms with Crippen molar-refractivity contribution in [1.82, 2.24) is 34.0 Å². The van der Waals surface area contributed by atoms with E-state index in [1.165, 1.54) is 0 Å². The van der Waals surface area contributed by atoms with E-state index in [0.29, 0.717) is 29.5 Å². The summed E-state index contributed by atoms with van der Waals surface area (Å²) in [5, 5.41) is 3.63. The van der Waals surface area contributed by atoms with Gasteiger partial charge in [0.2, 0.25) is 12.4 Å². The van der Waals surface area contributed by atoms with Crippen molar-refractivity contribution in [3.8, 4) is 11.6 Å². The average molecular weight is 465 g/mol. The van der Waals surface area contributed by atoms with Crippen molar-refractivity contribution >= 4 is 23.4 Å². The van der Waals surface area contributed by atoms with Crippen LogP contribution in [0.1, 0.15) is 24.4 Å². The van der Waals surface area contributed by atoms with E-state index in [1.807, 2.05) is 64.2 Å². The number of aromatic nitrogens is 6. The van der Waals surface area contributed by atoms with Crippen molar-refractivity contribution < 1.29 is 4.79 Å². The van der Waals surface area contributed by atoms with Crippen LogP contribution in [-0.2, 0) is 4.79 Å². The summed E-state index contributed by atoms with van der Waals surface area (Å²) in [4.78, 5) is 32.1. The third kappa shape index (κ3) is 4.01. The number of amides is 1. The summed E-state index contributed by atoms with van der Waals surface area (Å²) in [5.74, 6) is 1.19. The molecule has 1 aliphatic heterocycles. The third-order valence-corrected chi connectivity index (χ3v) is 6.46. The molecule has 0 spiro atoms. The lowest BCUT2D eigenvalue weighted by atomic mass is 9.92. The number of nitrogens with one attached hydrogen (secondary N) is 1. The van der Waals surface area contributed by atoms with Crippen LogP contribution in [0.3, 0.4) is 0 Å². The fraction of sp³-hybridized carbons (Fsp3) is 0.192. The Labute approximate surface area is 202 Å². The predicted octanol–water partition coefficient (Wildman–Crippen LogP) is 3.78. The van der Waals surface area contributed by atoms with E-state index in [2.05, 4.69) is 27.4 Å². The molecule has 35 heavy (non-hydrogen) atoms. The Balaban J connectivity index is 1.38. The fourth-order valence-corrected chi connectivity index (χ4v) is 4.70. The SMILES string of the molecule is O=CN1CCC(Nc2nc(-n3ccnc3)nc3c2ncn3-c2ccccc2)CC1c1ccccc1. The van der Waals surface area contributed by atoms with Gasteiger partial charge in [-0.05, 0) is 30.5 Å². The molecular formula is C26H24N8O. The number of nitrogens with zero attached hydrogens (tertiary/aromatic N) is 7. The molecule has 3 aromatic heterocycles. The average Bonchev–Trinajstić information content (AvgIpc) is 3.60. The smallest absolute Gasteiger partial charge is 0.239 e. The topological polar surface area (TPSA) is 93.8 Å². The number of carbonyl (C=O) groups is 1. The van der Waals surface area contributed by atoms with E-state index in [1.54, 1.807) is 23.4 Å². The molecule has 1 fully saturated rings. The molecule has 9 nitrogen and oxygen atoms in total. The van der Waals surface area contributed by atoms with Gasteiger partial charge < -0.3 is 10.2 Å². The van der Waals surface area contributed by atoms with Crippen LogP contribution in [0.4, 0.5) is 5.82 Å². The van der Waals surface area contributed by atoms with Crippen molar-refractivity contribution in [2.75, 3.05) is 11.9 Å². The Morgan fingerprint density at radius 1 is 0.971 bits per heavy atom. The van der Waals surface area contributed by atoms with Crippen molar-refractivity contribution in [2.24, 2.45) is 0 Å². The number of hydrogen-bond donors (Lipinski definition) is 1. The number of rotatable bonds is 6. The largest absolute Gasteiger partial charge is 0.365 e. The molecule has 6 rings (SSSR count). The second kappa shape index (κ2) is 9.02. The van der Waals surface area contributed by atoms with Crippen LogP contribution in [0.15, 0.2) is 85.7 Å². The molecule has 174 valence electrons. The van der Waals surface area contributed by atoms with E-state index >= 15 is 0 Å². The Morgan fingerprint density at radius 3 is 2.51 bits per heavy atom. The van der Waals surface area contributed by atoms with Crippen LogP contribution in [0.5, 0.6) is 0 Å². The fourth-order valence-electron chi connectivity index (χ4n) is 4.70. The van der Waals surface area contributed by atoms with Gasteiger partial charge in [-0.1, -0.05) is 48.5 Å². The van der Waals surface area contributed by atoms with Crippen LogP contribution >= 0.6 is 0 Å². The highest BCUT2D eigenvalue weighted by molar-refractivity contribution is 5.85. The Bertz CT molecular complexity index is 1430. The van der Waals surface area contributed by atoms with Crippen LogP contribution in [0, 0.1) is 0 Å². The van der Waals surface area contributed by atoms with Gasteiger partial charge in [0, 0.05) is 30.7 Å². The lowest BCUT2D eigenvalue weighted by Gasteiger charge is -2.38. The highest BCUT2D eigenvalue weighted by Gasteiger charge is 2.29. The van der Waals surface area contributed by atoms with Crippen LogP contribution in [-0.4, -0.2) is 53.0 Å². The first-order valence-electron chi connectivity index (χ1n) is 11.6. The zero-order valence-corrected chi connectivity index (χ0v) is 19.0. The standard InChI is InChI=1S/C26H24N8O/c35-18-33-13-11-20(15-22(33)19-7-3-1-4-8-19)29-24-23-25(31-26(30-24)32-14-12-27-16-32)34(17-28-23)21-9-5-2-6-10-21/h1-10,12,14,16-18,20,22H,11,13,15H2,(H,29,30,31). The van der Waals surface area contributed by atoms with E-state index in [9.17, 15) is 4.79 Å². The molecule has 4 heterocycles. The molecular weight excluding hydrogens is 440 g/mol. The maximum Gasteiger partial charge on any atom is 0.239 e. The molecule has 1 saturated heterocycles. The van der Waals surface area contributed by atoms with Gasteiger partial charge in [0.15, 0.2) is 17.0 Å². The number of imidazole rings is 2. The van der Waals surface area contributed by atoms with Gasteiger partial charge in [0.25, 0.3) is 0 Å². The predicted molar refractivity (Wildman–Crippen MR) is 132 cm³/mol. The minimum Gasteiger partial charge on any atom is -0.365 e. The number of carbonyl (C=O) groups excluding carboxylic acids is 1. The molecule has 5 aromatic rings. The highest BCUT2D eigenvalue weighted by atomic mass is 16.1. The molecule has 2 atom stereocenters. The molecule has 1 aliphatic rings. The Hall–Kier alpha value is -4.53. The number of piperidine rings is 1. The zero-order chi connectivity index (χ0) is 23.6. The van der Waals surface area contributed by atoms with Crippen LogP contribution in [0.25, 0.3) is 22.8 Å². The third-order valence-electron chi connectivity index (χ3n) is 6.46. The van der Waals surface area contributed by atoms with Crippen molar-refractivity contribution in [2.45, 2.75) is 24.9 Å². The van der Waals surface area contributed by atoms with Gasteiger partial charge in [0.05, 0.1) is 6.04 Å². The number of para-hydroxylation sites is 1. The first-order valence-corrected chi connectivity index (χ1v) is 11.6. The lowest BCUT2D eigenvalue weighted by Crippen LogP contribution is -2.41. The molecule has 1 N–H and O–H groups in total. The second-order valence-electron chi connectivity index (χ2n) is 8.60. The van der Waals surface area contributed by atoms with E-state index < -0.39 is 0 Å². The minimum atomic E-state index is 0.00673. The van der Waals surface area contributed by atoms with Crippen molar-refractivity contribution in [3.05, 3.63) is 91.3 Å². The van der Waals surface area contributed by atoms with Gasteiger partial charge in [-0.15, -0.1) is 0 Å². The summed E-state index contributed by atoms with van der Waals surface area (Å²) in [6.45, 7) is 0.668. The molecule has 0 radical (unpaired) electrons. The first-order chi connectivity index (χ1) is 17.3. The summed E-state index contributed by atoms with van der Waals surface area (Å²) in [6.07, 6.45) is 9.52. The van der Waals surface area contributed by atoms with Gasteiger partial charge in [-0.2, -0.15) is 9.97 Å². The van der Waals surface area contributed by atoms with Crippen molar-refractivity contribution in [1.29, 1.82) is 0 Å². The number of benzene rings is 2. The number of hydrogen-bond acceptors (Lipinski definition) is 6. The van der Waals surface area contributed by atoms with Gasteiger partial charge in [-0.25, -0.2) is 9.97 Å². The molecule has 0 bridgehead atoms. The van der Waals surface area contributed by atoms with Gasteiger partial charge in [-0.3, -0.25) is 13.9 Å². The molecule has 1 amide bonds. The molecule has 9 heteroatoms. The van der Waals surface area contributed by atoms with E-state index in [-0.39, 0.29) is 12.1 Å². The lowest BCUT2D eigenvalue weighted by molar-refractivity contribution is -0.121. The minimum absolute atomic E-state index is 0.00673. The maximum atomic E-state index is 11.8. The molecule has 0 aliphatic carbocycles. The quantitative estimate of drug-likeness (QED) is 0.385. The number of likely N-dealkylation sites (tertiary alicyclic amines) is 1. The normalized spacial score (nSPS) is 18.0. The van der Waals surface area contributed by atoms with Crippen LogP contribution < -0.4 is 5.32 Å². The summed E-state index contributed by atoms with van der Waals surface area (Å²) in [5.41, 5.74) is 3.51. The van der Waals surface area contributed by atoms with Gasteiger partial charge >= 0.3 is 0 Å². The van der Waals surface area contributed by atoms with E-state index in [4.69, 9.17) is 9.97 Å². The van der Waals surface area contributed by atoms with Crippen molar-refractivity contribution in [3.63, 3.8) is 0 Å².